The van der Waals surface area contributed by atoms with Gasteiger partial charge in [-0.1, -0.05) is 39.7 Å². The van der Waals surface area contributed by atoms with Crippen molar-refractivity contribution in [3.05, 3.63) is 64.1 Å². The molecule has 0 bridgehead atoms. The Labute approximate surface area is 131 Å². The fourth-order valence-corrected chi connectivity index (χ4v) is 2.22. The molecule has 2 aromatic carbocycles. The third-order valence-corrected chi connectivity index (χ3v) is 3.32. The van der Waals surface area contributed by atoms with Crippen LogP contribution in [0.25, 0.3) is 0 Å². The molecule has 0 radical (unpaired) electrons. The van der Waals surface area contributed by atoms with Crippen molar-refractivity contribution < 1.29 is 4.79 Å². The molecule has 0 saturated heterocycles. The minimum absolute atomic E-state index is 0.225. The number of aryl methyl sites for hydroxylation is 1. The molecule has 0 aromatic heterocycles. The summed E-state index contributed by atoms with van der Waals surface area (Å²) in [6.45, 7) is 1.97. The van der Waals surface area contributed by atoms with Crippen molar-refractivity contribution >= 4 is 44.9 Å². The van der Waals surface area contributed by atoms with Crippen LogP contribution in [0.3, 0.4) is 0 Å². The number of amides is 1. The van der Waals surface area contributed by atoms with Gasteiger partial charge in [0.25, 0.3) is 5.91 Å². The van der Waals surface area contributed by atoms with Crippen LogP contribution >= 0.6 is 28.1 Å². The standard InChI is InChI=1S/C15H13BrN2OS/c1-10-5-7-11(8-6-10)14(19)18-15(20)17-13-4-2-3-12(16)9-13/h2-9H,1H3,(H2,17,18,19,20). The second-order valence-corrected chi connectivity index (χ2v) is 5.61. The quantitative estimate of drug-likeness (QED) is 0.809. The van der Waals surface area contributed by atoms with E-state index in [4.69, 9.17) is 12.2 Å². The number of nitrogens with one attached hydrogen (secondary N) is 2. The third-order valence-electron chi connectivity index (χ3n) is 2.62. The molecule has 0 aliphatic carbocycles. The summed E-state index contributed by atoms with van der Waals surface area (Å²) in [4.78, 5) is 12.0. The van der Waals surface area contributed by atoms with Gasteiger partial charge >= 0.3 is 0 Å². The Balaban J connectivity index is 1.97. The number of carbonyl (C=O) groups is 1. The first-order valence-electron chi connectivity index (χ1n) is 5.99. The molecular weight excluding hydrogens is 336 g/mol. The van der Waals surface area contributed by atoms with Gasteiger partial charge in [0.05, 0.1) is 0 Å². The molecule has 1 amide bonds. The molecule has 0 aliphatic rings. The Kier molecular flexibility index (Phi) is 4.87. The molecule has 0 spiro atoms. The Morgan fingerprint density at radius 1 is 1.15 bits per heavy atom. The van der Waals surface area contributed by atoms with Gasteiger partial charge in [-0.3, -0.25) is 10.1 Å². The summed E-state index contributed by atoms with van der Waals surface area (Å²) in [6.07, 6.45) is 0. The molecular formula is C15H13BrN2OS. The van der Waals surface area contributed by atoms with Crippen LogP contribution in [0.2, 0.25) is 0 Å². The molecule has 0 heterocycles. The minimum Gasteiger partial charge on any atom is -0.332 e. The summed E-state index contributed by atoms with van der Waals surface area (Å²) in [5, 5.41) is 5.89. The molecule has 0 fully saturated rings. The number of hydrogen-bond acceptors (Lipinski definition) is 2. The van der Waals surface area contributed by atoms with Gasteiger partial charge in [-0.2, -0.15) is 0 Å². The summed E-state index contributed by atoms with van der Waals surface area (Å²) in [5.74, 6) is -0.225. The van der Waals surface area contributed by atoms with E-state index in [0.717, 1.165) is 15.7 Å². The van der Waals surface area contributed by atoms with Crippen molar-refractivity contribution in [1.82, 2.24) is 5.32 Å². The highest BCUT2D eigenvalue weighted by molar-refractivity contribution is 9.10. The molecule has 0 saturated carbocycles. The van der Waals surface area contributed by atoms with Crippen molar-refractivity contribution in [2.45, 2.75) is 6.92 Å². The molecule has 20 heavy (non-hydrogen) atoms. The molecule has 2 rings (SSSR count). The molecule has 3 nitrogen and oxygen atoms in total. The van der Waals surface area contributed by atoms with Gasteiger partial charge in [0.2, 0.25) is 0 Å². The van der Waals surface area contributed by atoms with E-state index in [0.29, 0.717) is 5.56 Å². The summed E-state index contributed by atoms with van der Waals surface area (Å²) >= 11 is 8.50. The number of rotatable bonds is 2. The maximum Gasteiger partial charge on any atom is 0.257 e. The van der Waals surface area contributed by atoms with Gasteiger partial charge in [-0.15, -0.1) is 0 Å². The zero-order valence-corrected chi connectivity index (χ0v) is 13.2. The van der Waals surface area contributed by atoms with Crippen molar-refractivity contribution in [2.24, 2.45) is 0 Å². The first-order valence-corrected chi connectivity index (χ1v) is 7.19. The lowest BCUT2D eigenvalue weighted by Crippen LogP contribution is -2.34. The van der Waals surface area contributed by atoms with E-state index in [-0.39, 0.29) is 11.0 Å². The molecule has 0 unspecified atom stereocenters. The summed E-state index contributed by atoms with van der Waals surface area (Å²) < 4.78 is 0.940. The van der Waals surface area contributed by atoms with E-state index in [1.54, 1.807) is 12.1 Å². The Morgan fingerprint density at radius 3 is 2.50 bits per heavy atom. The number of thiocarbonyl (C=S) groups is 1. The topological polar surface area (TPSA) is 41.1 Å². The molecule has 102 valence electrons. The molecule has 0 atom stereocenters. The van der Waals surface area contributed by atoms with Gasteiger partial charge in [0, 0.05) is 15.7 Å². The van der Waals surface area contributed by atoms with Crippen LogP contribution in [-0.2, 0) is 0 Å². The van der Waals surface area contributed by atoms with Crippen LogP contribution < -0.4 is 10.6 Å². The first-order chi connectivity index (χ1) is 9.54. The normalized spacial score (nSPS) is 9.90. The first kappa shape index (κ1) is 14.7. The predicted molar refractivity (Wildman–Crippen MR) is 89.0 cm³/mol. The zero-order chi connectivity index (χ0) is 14.5. The largest absolute Gasteiger partial charge is 0.332 e. The summed E-state index contributed by atoms with van der Waals surface area (Å²) in [6, 6.07) is 14.9. The van der Waals surface area contributed by atoms with E-state index in [9.17, 15) is 4.79 Å². The van der Waals surface area contributed by atoms with Gasteiger partial charge in [0.1, 0.15) is 0 Å². The lowest BCUT2D eigenvalue weighted by molar-refractivity contribution is 0.0978. The van der Waals surface area contributed by atoms with E-state index in [1.165, 1.54) is 0 Å². The number of carbonyl (C=O) groups excluding carboxylic acids is 1. The predicted octanol–water partition coefficient (Wildman–Crippen LogP) is 3.88. The number of hydrogen-bond donors (Lipinski definition) is 2. The van der Waals surface area contributed by atoms with Gasteiger partial charge in [0.15, 0.2) is 5.11 Å². The van der Waals surface area contributed by atoms with Crippen LogP contribution in [0.1, 0.15) is 15.9 Å². The van der Waals surface area contributed by atoms with Gasteiger partial charge in [-0.25, -0.2) is 0 Å². The maximum atomic E-state index is 12.0. The zero-order valence-electron chi connectivity index (χ0n) is 10.8. The smallest absolute Gasteiger partial charge is 0.257 e. The van der Waals surface area contributed by atoms with E-state index < -0.39 is 0 Å². The monoisotopic (exact) mass is 348 g/mol. The van der Waals surface area contributed by atoms with Crippen molar-refractivity contribution in [2.75, 3.05) is 5.32 Å². The van der Waals surface area contributed by atoms with Gasteiger partial charge in [-0.05, 0) is 49.5 Å². The molecule has 2 N–H and O–H groups in total. The van der Waals surface area contributed by atoms with Crippen LogP contribution in [-0.4, -0.2) is 11.0 Å². The lowest BCUT2D eigenvalue weighted by Gasteiger charge is -2.10. The van der Waals surface area contributed by atoms with E-state index in [2.05, 4.69) is 26.6 Å². The van der Waals surface area contributed by atoms with Crippen molar-refractivity contribution in [1.29, 1.82) is 0 Å². The highest BCUT2D eigenvalue weighted by Gasteiger charge is 2.07. The van der Waals surface area contributed by atoms with Crippen LogP contribution in [0.15, 0.2) is 53.0 Å². The number of anilines is 1. The van der Waals surface area contributed by atoms with Gasteiger partial charge < -0.3 is 5.32 Å². The Bertz CT molecular complexity index is 641. The van der Waals surface area contributed by atoms with Crippen LogP contribution in [0.4, 0.5) is 5.69 Å². The number of benzene rings is 2. The van der Waals surface area contributed by atoms with E-state index in [1.807, 2.05) is 43.3 Å². The fourth-order valence-electron chi connectivity index (χ4n) is 1.61. The Hall–Kier alpha value is -1.72. The van der Waals surface area contributed by atoms with E-state index >= 15 is 0 Å². The minimum atomic E-state index is -0.225. The maximum absolute atomic E-state index is 12.0. The summed E-state index contributed by atoms with van der Waals surface area (Å²) in [5.41, 5.74) is 2.50. The second kappa shape index (κ2) is 6.63. The average molecular weight is 349 g/mol. The fraction of sp³-hybridized carbons (Fsp3) is 0.0667. The SMILES string of the molecule is Cc1ccc(C(=O)NC(=S)Nc2cccc(Br)c2)cc1. The molecule has 2 aromatic rings. The lowest BCUT2D eigenvalue weighted by atomic mass is 10.1. The van der Waals surface area contributed by atoms with Crippen LogP contribution in [0, 0.1) is 6.92 Å². The highest BCUT2D eigenvalue weighted by atomic mass is 79.9. The Morgan fingerprint density at radius 2 is 1.85 bits per heavy atom. The molecule has 5 heteroatoms. The van der Waals surface area contributed by atoms with Crippen LogP contribution in [0.5, 0.6) is 0 Å². The van der Waals surface area contributed by atoms with Crippen molar-refractivity contribution in [3.8, 4) is 0 Å². The third kappa shape index (κ3) is 4.15. The van der Waals surface area contributed by atoms with Crippen molar-refractivity contribution in [3.63, 3.8) is 0 Å². The second-order valence-electron chi connectivity index (χ2n) is 4.28. The molecule has 0 aliphatic heterocycles. The number of halogens is 1. The average Bonchev–Trinajstić information content (AvgIpc) is 2.39. The highest BCUT2D eigenvalue weighted by Crippen LogP contribution is 2.15. The summed E-state index contributed by atoms with van der Waals surface area (Å²) in [7, 11) is 0.